The summed E-state index contributed by atoms with van der Waals surface area (Å²) in [6, 6.07) is 1.86. The van der Waals surface area contributed by atoms with Crippen LogP contribution < -0.4 is 4.74 Å². The first-order valence-electron chi connectivity index (χ1n) is 5.02. The number of pyridine rings is 1. The van der Waals surface area contributed by atoms with Crippen LogP contribution in [0.5, 0.6) is 5.88 Å². The highest BCUT2D eigenvalue weighted by atomic mass is 32.1. The molecule has 0 saturated heterocycles. The molecule has 0 fully saturated rings. The van der Waals surface area contributed by atoms with Gasteiger partial charge in [0.2, 0.25) is 11.6 Å². The number of fused-ring (bicyclic) bond motifs is 3. The van der Waals surface area contributed by atoms with Crippen molar-refractivity contribution in [1.29, 1.82) is 0 Å². The minimum absolute atomic E-state index is 0.426. The van der Waals surface area contributed by atoms with Crippen molar-refractivity contribution in [2.24, 2.45) is 0 Å². The number of ether oxygens (including phenoxy) is 1. The van der Waals surface area contributed by atoms with Crippen LogP contribution in [0.1, 0.15) is 5.56 Å². The molecular weight excluding hydrogens is 238 g/mol. The van der Waals surface area contributed by atoms with Gasteiger partial charge in [-0.05, 0) is 12.5 Å². The zero-order valence-corrected chi connectivity index (χ0v) is 10.1. The van der Waals surface area contributed by atoms with E-state index in [0.29, 0.717) is 21.8 Å². The largest absolute Gasteiger partial charge is 0.481 e. The quantitative estimate of drug-likeness (QED) is 0.670. The van der Waals surface area contributed by atoms with Crippen molar-refractivity contribution in [3.05, 3.63) is 22.6 Å². The highest BCUT2D eigenvalue weighted by molar-refractivity contribution is 7.71. The first kappa shape index (κ1) is 10.2. The smallest absolute Gasteiger partial charge is 0.232 e. The lowest BCUT2D eigenvalue weighted by Crippen LogP contribution is -1.88. The third-order valence-corrected chi connectivity index (χ3v) is 2.92. The second-order valence-corrected chi connectivity index (χ2v) is 4.06. The molecule has 0 radical (unpaired) electrons. The molecule has 0 amide bonds. The summed E-state index contributed by atoms with van der Waals surface area (Å²) in [6.07, 6.45) is 1.56. The summed E-state index contributed by atoms with van der Waals surface area (Å²) < 4.78 is 11.1. The van der Waals surface area contributed by atoms with E-state index in [-0.39, 0.29) is 0 Å². The number of aromatic nitrogens is 3. The Balaban J connectivity index is 2.56. The molecule has 0 spiro atoms. The fourth-order valence-electron chi connectivity index (χ4n) is 1.86. The van der Waals surface area contributed by atoms with E-state index in [1.807, 2.05) is 13.0 Å². The number of aromatic amines is 1. The van der Waals surface area contributed by atoms with Crippen molar-refractivity contribution in [2.75, 3.05) is 7.11 Å². The number of rotatable bonds is 1. The fourth-order valence-corrected chi connectivity index (χ4v) is 2.06. The molecule has 0 atom stereocenters. The Kier molecular flexibility index (Phi) is 2.12. The van der Waals surface area contributed by atoms with Crippen LogP contribution >= 0.6 is 12.2 Å². The molecule has 86 valence electrons. The standard InChI is InChI=1S/C11H9N3O2S/c1-5-3-6(15-2)14-10-7(5)8-9(16-10)11(17)13-4-12-8/h3-4H,1-2H3,(H,12,13,17). The number of aryl methyl sites for hydroxylation is 1. The third kappa shape index (κ3) is 1.41. The number of furan rings is 1. The average molecular weight is 247 g/mol. The predicted octanol–water partition coefficient (Wildman–Crippen LogP) is 2.75. The molecule has 3 heterocycles. The molecule has 0 unspecified atom stereocenters. The molecule has 0 aliphatic carbocycles. The van der Waals surface area contributed by atoms with Crippen LogP contribution in [0.25, 0.3) is 22.2 Å². The highest BCUT2D eigenvalue weighted by Gasteiger charge is 2.13. The van der Waals surface area contributed by atoms with E-state index in [9.17, 15) is 0 Å². The van der Waals surface area contributed by atoms with Gasteiger partial charge in [-0.3, -0.25) is 0 Å². The Hall–Kier alpha value is -1.95. The Morgan fingerprint density at radius 1 is 1.47 bits per heavy atom. The van der Waals surface area contributed by atoms with Gasteiger partial charge < -0.3 is 14.1 Å². The SMILES string of the molecule is COc1cc(C)c2c(n1)oc1c(=S)nc[nH]c12. The monoisotopic (exact) mass is 247 g/mol. The first-order valence-corrected chi connectivity index (χ1v) is 5.43. The summed E-state index contributed by atoms with van der Waals surface area (Å²) in [5.41, 5.74) is 2.91. The average Bonchev–Trinajstić information content (AvgIpc) is 2.69. The summed E-state index contributed by atoms with van der Waals surface area (Å²) in [5, 5.41) is 0.911. The molecule has 1 N–H and O–H groups in total. The van der Waals surface area contributed by atoms with E-state index < -0.39 is 0 Å². The van der Waals surface area contributed by atoms with Gasteiger partial charge in [-0.1, -0.05) is 12.2 Å². The van der Waals surface area contributed by atoms with Gasteiger partial charge in [-0.15, -0.1) is 0 Å². The van der Waals surface area contributed by atoms with E-state index in [1.165, 1.54) is 0 Å². The molecule has 3 rings (SSSR count). The number of hydrogen-bond donors (Lipinski definition) is 1. The van der Waals surface area contributed by atoms with Gasteiger partial charge in [0.05, 0.1) is 24.3 Å². The van der Waals surface area contributed by atoms with Gasteiger partial charge in [0.15, 0.2) is 10.2 Å². The molecule has 0 bridgehead atoms. The van der Waals surface area contributed by atoms with Gasteiger partial charge >= 0.3 is 0 Å². The summed E-state index contributed by atoms with van der Waals surface area (Å²) in [5.74, 6) is 0.521. The fraction of sp³-hybridized carbons (Fsp3) is 0.182. The molecule has 0 aliphatic heterocycles. The Morgan fingerprint density at radius 3 is 3.06 bits per heavy atom. The lowest BCUT2D eigenvalue weighted by atomic mass is 10.2. The number of hydrogen-bond acceptors (Lipinski definition) is 5. The van der Waals surface area contributed by atoms with Crippen molar-refractivity contribution in [3.63, 3.8) is 0 Å². The number of nitrogens with zero attached hydrogens (tertiary/aromatic N) is 2. The first-order chi connectivity index (χ1) is 8.20. The van der Waals surface area contributed by atoms with E-state index in [2.05, 4.69) is 15.0 Å². The second kappa shape index (κ2) is 3.53. The van der Waals surface area contributed by atoms with E-state index in [0.717, 1.165) is 16.5 Å². The molecule has 0 aromatic carbocycles. The number of methoxy groups -OCH3 is 1. The zero-order chi connectivity index (χ0) is 12.0. The predicted molar refractivity (Wildman–Crippen MR) is 65.8 cm³/mol. The van der Waals surface area contributed by atoms with Crippen molar-refractivity contribution < 1.29 is 9.15 Å². The molecule has 3 aromatic heterocycles. The lowest BCUT2D eigenvalue weighted by Gasteiger charge is -2.00. The Bertz CT molecular complexity index is 775. The molecule has 17 heavy (non-hydrogen) atoms. The van der Waals surface area contributed by atoms with Gasteiger partial charge in [0, 0.05) is 6.07 Å². The maximum Gasteiger partial charge on any atom is 0.232 e. The Morgan fingerprint density at radius 2 is 2.29 bits per heavy atom. The van der Waals surface area contributed by atoms with Gasteiger partial charge in [0.25, 0.3) is 0 Å². The van der Waals surface area contributed by atoms with Crippen LogP contribution in [0.2, 0.25) is 0 Å². The summed E-state index contributed by atoms with van der Waals surface area (Å²) in [6.45, 7) is 1.97. The summed E-state index contributed by atoms with van der Waals surface area (Å²) in [7, 11) is 1.57. The maximum atomic E-state index is 5.62. The molecule has 0 saturated carbocycles. The molecular formula is C11H9N3O2S. The molecule has 5 nitrogen and oxygen atoms in total. The van der Waals surface area contributed by atoms with Crippen molar-refractivity contribution in [2.45, 2.75) is 6.92 Å². The molecule has 0 aliphatic rings. The van der Waals surface area contributed by atoms with Gasteiger partial charge in [-0.2, -0.15) is 4.98 Å². The zero-order valence-electron chi connectivity index (χ0n) is 9.27. The van der Waals surface area contributed by atoms with Gasteiger partial charge in [0.1, 0.15) is 0 Å². The maximum absolute atomic E-state index is 5.62. The highest BCUT2D eigenvalue weighted by Crippen LogP contribution is 2.30. The van der Waals surface area contributed by atoms with E-state index in [4.69, 9.17) is 21.4 Å². The number of nitrogens with one attached hydrogen (secondary N) is 1. The van der Waals surface area contributed by atoms with Crippen molar-refractivity contribution >= 4 is 34.4 Å². The number of H-pyrrole nitrogens is 1. The van der Waals surface area contributed by atoms with E-state index >= 15 is 0 Å². The lowest BCUT2D eigenvalue weighted by molar-refractivity contribution is 0.397. The normalized spacial score (nSPS) is 11.2. The second-order valence-electron chi connectivity index (χ2n) is 3.68. The summed E-state index contributed by atoms with van der Waals surface area (Å²) in [4.78, 5) is 11.3. The minimum atomic E-state index is 0.426. The van der Waals surface area contributed by atoms with Crippen LogP contribution in [-0.2, 0) is 0 Å². The third-order valence-electron chi connectivity index (χ3n) is 2.63. The minimum Gasteiger partial charge on any atom is -0.481 e. The van der Waals surface area contributed by atoms with Crippen molar-refractivity contribution in [1.82, 2.24) is 15.0 Å². The molecule has 3 aromatic rings. The van der Waals surface area contributed by atoms with Gasteiger partial charge in [-0.25, -0.2) is 4.98 Å². The summed E-state index contributed by atoms with van der Waals surface area (Å²) >= 11 is 5.12. The topological polar surface area (TPSA) is 63.9 Å². The molecule has 6 heteroatoms. The van der Waals surface area contributed by atoms with E-state index in [1.54, 1.807) is 13.4 Å². The van der Waals surface area contributed by atoms with Crippen LogP contribution in [0, 0.1) is 11.6 Å². The van der Waals surface area contributed by atoms with Crippen LogP contribution in [-0.4, -0.2) is 22.1 Å². The van der Waals surface area contributed by atoms with Crippen molar-refractivity contribution in [3.8, 4) is 5.88 Å². The van der Waals surface area contributed by atoms with Crippen LogP contribution in [0.3, 0.4) is 0 Å². The van der Waals surface area contributed by atoms with Crippen LogP contribution in [0.15, 0.2) is 16.8 Å². The Labute approximate surface area is 101 Å². The van der Waals surface area contributed by atoms with Crippen LogP contribution in [0.4, 0.5) is 0 Å².